The number of hydrogen-bond donors (Lipinski definition) is 3. The second-order valence-electron chi connectivity index (χ2n) is 5.30. The van der Waals surface area contributed by atoms with Gasteiger partial charge < -0.3 is 11.1 Å². The van der Waals surface area contributed by atoms with Crippen molar-refractivity contribution in [2.45, 2.75) is 25.7 Å². The smallest absolute Gasteiger partial charge is 0.240 e. The van der Waals surface area contributed by atoms with E-state index in [2.05, 4.69) is 23.9 Å². The number of hydrogen-bond acceptors (Lipinski definition) is 4. The molecule has 0 fully saturated rings. The summed E-state index contributed by atoms with van der Waals surface area (Å²) in [5.74, 6) is 0.844. The van der Waals surface area contributed by atoms with Crippen LogP contribution in [0.4, 0.5) is 5.69 Å². The van der Waals surface area contributed by atoms with Gasteiger partial charge in [0.2, 0.25) is 10.0 Å². The zero-order chi connectivity index (χ0) is 15.3. The van der Waals surface area contributed by atoms with Crippen molar-refractivity contribution in [3.63, 3.8) is 0 Å². The van der Waals surface area contributed by atoms with Gasteiger partial charge in [0, 0.05) is 12.2 Å². The van der Waals surface area contributed by atoms with Crippen molar-refractivity contribution in [2.75, 3.05) is 25.5 Å². The predicted octanol–water partition coefficient (Wildman–Crippen LogP) is 1.55. The van der Waals surface area contributed by atoms with Crippen LogP contribution in [0.5, 0.6) is 0 Å². The Morgan fingerprint density at radius 3 is 2.45 bits per heavy atom. The lowest BCUT2D eigenvalue weighted by Gasteiger charge is -2.21. The van der Waals surface area contributed by atoms with Gasteiger partial charge in [0.15, 0.2) is 0 Å². The lowest BCUT2D eigenvalue weighted by Crippen LogP contribution is -2.27. The fourth-order valence-corrected chi connectivity index (χ4v) is 2.66. The maximum atomic E-state index is 11.8. The lowest BCUT2D eigenvalue weighted by molar-refractivity contribution is 0.413. The van der Waals surface area contributed by atoms with Gasteiger partial charge in [-0.15, -0.1) is 0 Å². The molecule has 0 amide bonds. The van der Waals surface area contributed by atoms with Crippen LogP contribution in [-0.2, 0) is 10.0 Å². The van der Waals surface area contributed by atoms with E-state index < -0.39 is 10.0 Å². The van der Waals surface area contributed by atoms with Crippen LogP contribution in [0.25, 0.3) is 0 Å². The number of sulfonamides is 1. The molecular weight excluding hydrogens is 274 g/mol. The minimum Gasteiger partial charge on any atom is -0.384 e. The molecule has 20 heavy (non-hydrogen) atoms. The molecule has 6 heteroatoms. The SMILES string of the molecule is CNS(=O)(=O)c1ccc(C)c(NCC(CN)C(C)C)c1. The van der Waals surface area contributed by atoms with E-state index in [9.17, 15) is 8.42 Å². The Balaban J connectivity index is 2.93. The van der Waals surface area contributed by atoms with E-state index in [0.29, 0.717) is 18.4 Å². The van der Waals surface area contributed by atoms with Crippen molar-refractivity contribution in [1.29, 1.82) is 0 Å². The summed E-state index contributed by atoms with van der Waals surface area (Å²) < 4.78 is 25.9. The summed E-state index contributed by atoms with van der Waals surface area (Å²) in [6.45, 7) is 7.56. The maximum absolute atomic E-state index is 11.8. The Labute approximate surface area is 122 Å². The molecule has 1 atom stereocenters. The van der Waals surface area contributed by atoms with E-state index in [0.717, 1.165) is 17.8 Å². The van der Waals surface area contributed by atoms with Crippen LogP contribution in [0, 0.1) is 18.8 Å². The molecule has 1 aromatic rings. The Morgan fingerprint density at radius 2 is 1.95 bits per heavy atom. The summed E-state index contributed by atoms with van der Waals surface area (Å²) in [6, 6.07) is 5.07. The Morgan fingerprint density at radius 1 is 1.30 bits per heavy atom. The molecule has 4 N–H and O–H groups in total. The van der Waals surface area contributed by atoms with Gasteiger partial charge >= 0.3 is 0 Å². The van der Waals surface area contributed by atoms with Gasteiger partial charge in [-0.1, -0.05) is 19.9 Å². The first-order valence-electron chi connectivity index (χ1n) is 6.80. The van der Waals surface area contributed by atoms with Crippen molar-refractivity contribution in [3.05, 3.63) is 23.8 Å². The highest BCUT2D eigenvalue weighted by Crippen LogP contribution is 2.21. The summed E-state index contributed by atoms with van der Waals surface area (Å²) in [7, 11) is -2.00. The van der Waals surface area contributed by atoms with Gasteiger partial charge in [0.25, 0.3) is 0 Å². The molecule has 0 heterocycles. The van der Waals surface area contributed by atoms with Gasteiger partial charge in [-0.05, 0) is 50.0 Å². The van der Waals surface area contributed by atoms with E-state index in [4.69, 9.17) is 5.73 Å². The average molecular weight is 299 g/mol. The Kier molecular flexibility index (Phi) is 5.98. The first-order valence-corrected chi connectivity index (χ1v) is 8.28. The summed E-state index contributed by atoms with van der Waals surface area (Å²) in [5.41, 5.74) is 7.60. The predicted molar refractivity (Wildman–Crippen MR) is 83.3 cm³/mol. The normalized spacial score (nSPS) is 13.5. The lowest BCUT2D eigenvalue weighted by atomic mass is 9.96. The third kappa shape index (κ3) is 4.19. The zero-order valence-electron chi connectivity index (χ0n) is 12.6. The highest BCUT2D eigenvalue weighted by molar-refractivity contribution is 7.89. The first-order chi connectivity index (χ1) is 9.31. The van der Waals surface area contributed by atoms with Crippen LogP contribution >= 0.6 is 0 Å². The van der Waals surface area contributed by atoms with Crippen LogP contribution in [-0.4, -0.2) is 28.6 Å². The molecule has 0 bridgehead atoms. The third-order valence-electron chi connectivity index (χ3n) is 3.59. The Bertz CT molecular complexity index is 541. The van der Waals surface area contributed by atoms with Crippen LogP contribution < -0.4 is 15.8 Å². The quantitative estimate of drug-likeness (QED) is 0.713. The van der Waals surface area contributed by atoms with Crippen LogP contribution in [0.3, 0.4) is 0 Å². The molecular formula is C14H25N3O2S. The van der Waals surface area contributed by atoms with E-state index in [1.165, 1.54) is 7.05 Å². The molecule has 0 aliphatic carbocycles. The number of nitrogens with one attached hydrogen (secondary N) is 2. The average Bonchev–Trinajstić information content (AvgIpc) is 2.40. The molecule has 1 aromatic carbocycles. The third-order valence-corrected chi connectivity index (χ3v) is 5.00. The minimum atomic E-state index is -3.41. The van der Waals surface area contributed by atoms with E-state index >= 15 is 0 Å². The highest BCUT2D eigenvalue weighted by atomic mass is 32.2. The van der Waals surface area contributed by atoms with Crippen molar-refractivity contribution in [3.8, 4) is 0 Å². The first kappa shape index (κ1) is 16.9. The molecule has 5 nitrogen and oxygen atoms in total. The fourth-order valence-electron chi connectivity index (χ4n) is 1.91. The number of anilines is 1. The minimum absolute atomic E-state index is 0.266. The van der Waals surface area contributed by atoms with E-state index in [1.54, 1.807) is 18.2 Å². The van der Waals surface area contributed by atoms with E-state index in [1.807, 2.05) is 6.92 Å². The van der Waals surface area contributed by atoms with Crippen LogP contribution in [0.1, 0.15) is 19.4 Å². The van der Waals surface area contributed by atoms with Crippen molar-refractivity contribution in [2.24, 2.45) is 17.6 Å². The molecule has 1 rings (SSSR count). The zero-order valence-corrected chi connectivity index (χ0v) is 13.4. The molecule has 1 unspecified atom stereocenters. The number of nitrogens with two attached hydrogens (primary N) is 1. The monoisotopic (exact) mass is 299 g/mol. The fraction of sp³-hybridized carbons (Fsp3) is 0.571. The molecule has 114 valence electrons. The van der Waals surface area contributed by atoms with Crippen molar-refractivity contribution >= 4 is 15.7 Å². The maximum Gasteiger partial charge on any atom is 0.240 e. The standard InChI is InChI=1S/C14H25N3O2S/c1-10(2)12(8-15)9-17-14-7-13(6-5-11(14)3)20(18,19)16-4/h5-7,10,12,16-17H,8-9,15H2,1-4H3. The number of rotatable bonds is 7. The van der Waals surface area contributed by atoms with E-state index in [-0.39, 0.29) is 4.90 Å². The molecule has 0 aromatic heterocycles. The summed E-state index contributed by atoms with van der Waals surface area (Å²) in [6.07, 6.45) is 0. The number of aryl methyl sites for hydroxylation is 1. The molecule has 0 aliphatic heterocycles. The topological polar surface area (TPSA) is 84.2 Å². The van der Waals surface area contributed by atoms with Gasteiger partial charge in [0.05, 0.1) is 4.90 Å². The molecule has 0 spiro atoms. The second kappa shape index (κ2) is 7.06. The highest BCUT2D eigenvalue weighted by Gasteiger charge is 2.15. The molecule has 0 radical (unpaired) electrons. The van der Waals surface area contributed by atoms with Crippen molar-refractivity contribution in [1.82, 2.24) is 4.72 Å². The van der Waals surface area contributed by atoms with Crippen LogP contribution in [0.15, 0.2) is 23.1 Å². The Hall–Kier alpha value is -1.11. The molecule has 0 aliphatic rings. The molecule has 0 saturated carbocycles. The summed E-state index contributed by atoms with van der Waals surface area (Å²) in [5, 5.41) is 3.31. The van der Waals surface area contributed by atoms with Gasteiger partial charge in [-0.3, -0.25) is 0 Å². The van der Waals surface area contributed by atoms with Gasteiger partial charge in [-0.2, -0.15) is 0 Å². The summed E-state index contributed by atoms with van der Waals surface area (Å²) in [4.78, 5) is 0.266. The van der Waals surface area contributed by atoms with Crippen LogP contribution in [0.2, 0.25) is 0 Å². The molecule has 0 saturated heterocycles. The van der Waals surface area contributed by atoms with Gasteiger partial charge in [0.1, 0.15) is 0 Å². The summed E-state index contributed by atoms with van der Waals surface area (Å²) >= 11 is 0. The number of benzene rings is 1. The van der Waals surface area contributed by atoms with Gasteiger partial charge in [-0.25, -0.2) is 13.1 Å². The second-order valence-corrected chi connectivity index (χ2v) is 7.19. The van der Waals surface area contributed by atoms with Crippen molar-refractivity contribution < 1.29 is 8.42 Å². The largest absolute Gasteiger partial charge is 0.384 e.